The van der Waals surface area contributed by atoms with Gasteiger partial charge in [0.25, 0.3) is 0 Å². The van der Waals surface area contributed by atoms with Crippen LogP contribution in [0.5, 0.6) is 0 Å². The molecule has 4 nitrogen and oxygen atoms in total. The molecule has 0 radical (unpaired) electrons. The van der Waals surface area contributed by atoms with Crippen LogP contribution >= 0.6 is 0 Å². The molecular weight excluding hydrogens is 194 g/mol. The lowest BCUT2D eigenvalue weighted by molar-refractivity contribution is -0.157. The van der Waals surface area contributed by atoms with Crippen molar-refractivity contribution >= 4 is 11.9 Å². The average molecular weight is 215 g/mol. The van der Waals surface area contributed by atoms with Crippen molar-refractivity contribution in [2.45, 2.75) is 46.6 Å². The Kier molecular flexibility index (Phi) is 4.78. The number of hydrogen-bond acceptors (Lipinski definition) is 2. The molecule has 0 aliphatic heterocycles. The fourth-order valence-electron chi connectivity index (χ4n) is 1.46. The van der Waals surface area contributed by atoms with Gasteiger partial charge in [0, 0.05) is 13.0 Å². The maximum atomic E-state index is 11.8. The third-order valence-corrected chi connectivity index (χ3v) is 2.40. The van der Waals surface area contributed by atoms with Gasteiger partial charge in [0.05, 0.1) is 0 Å². The number of nitrogens with zero attached hydrogens (tertiary/aromatic N) is 1. The van der Waals surface area contributed by atoms with Gasteiger partial charge >= 0.3 is 5.97 Å². The van der Waals surface area contributed by atoms with Crippen LogP contribution < -0.4 is 0 Å². The predicted molar refractivity (Wildman–Crippen MR) is 58.6 cm³/mol. The van der Waals surface area contributed by atoms with Gasteiger partial charge in [0.15, 0.2) is 0 Å². The smallest absolute Gasteiger partial charge is 0.329 e. The van der Waals surface area contributed by atoms with Gasteiger partial charge in [-0.2, -0.15) is 0 Å². The Morgan fingerprint density at radius 1 is 1.33 bits per heavy atom. The van der Waals surface area contributed by atoms with E-state index in [9.17, 15) is 9.59 Å². The van der Waals surface area contributed by atoms with Crippen LogP contribution in [0.3, 0.4) is 0 Å². The molecule has 0 spiro atoms. The van der Waals surface area contributed by atoms with E-state index in [2.05, 4.69) is 0 Å². The van der Waals surface area contributed by atoms with Gasteiger partial charge in [-0.15, -0.1) is 0 Å². The largest absolute Gasteiger partial charge is 0.480 e. The quantitative estimate of drug-likeness (QED) is 0.760. The summed E-state index contributed by atoms with van der Waals surface area (Å²) < 4.78 is 0. The molecule has 0 aliphatic rings. The Labute approximate surface area is 91.3 Å². The normalized spacial score (nSPS) is 11.6. The molecular formula is C11H21NO3. The highest BCUT2D eigenvalue weighted by Crippen LogP contribution is 2.17. The second kappa shape index (κ2) is 5.14. The number of likely N-dealkylation sites (N-methyl/N-ethyl adjacent to an activating group) is 1. The van der Waals surface area contributed by atoms with Crippen LogP contribution in [0.4, 0.5) is 0 Å². The van der Waals surface area contributed by atoms with E-state index < -0.39 is 11.5 Å². The zero-order valence-corrected chi connectivity index (χ0v) is 10.2. The predicted octanol–water partition coefficient (Wildman–Crippen LogP) is 1.74. The van der Waals surface area contributed by atoms with E-state index in [1.807, 2.05) is 13.8 Å². The van der Waals surface area contributed by atoms with Gasteiger partial charge in [-0.05, 0) is 26.7 Å². The van der Waals surface area contributed by atoms with Crippen molar-refractivity contribution in [1.29, 1.82) is 0 Å². The topological polar surface area (TPSA) is 57.6 Å². The van der Waals surface area contributed by atoms with Crippen molar-refractivity contribution in [1.82, 2.24) is 4.90 Å². The molecule has 0 fully saturated rings. The summed E-state index contributed by atoms with van der Waals surface area (Å²) in [7, 11) is 0. The van der Waals surface area contributed by atoms with Crippen molar-refractivity contribution in [3.63, 3.8) is 0 Å². The molecule has 4 heteroatoms. The van der Waals surface area contributed by atoms with E-state index in [-0.39, 0.29) is 11.8 Å². The van der Waals surface area contributed by atoms with Crippen LogP contribution in [0.15, 0.2) is 0 Å². The third kappa shape index (κ3) is 3.53. The molecule has 1 N–H and O–H groups in total. The van der Waals surface area contributed by atoms with Gasteiger partial charge in [-0.3, -0.25) is 4.79 Å². The minimum absolute atomic E-state index is 0.0973. The summed E-state index contributed by atoms with van der Waals surface area (Å²) in [6, 6.07) is 0. The fourth-order valence-corrected chi connectivity index (χ4v) is 1.46. The standard InChI is InChI=1S/C11H21NO3/c1-6-12(9(13)7-8(2)3)11(4,5)10(14)15/h8H,6-7H2,1-5H3,(H,14,15). The second-order valence-electron chi connectivity index (χ2n) is 4.60. The van der Waals surface area contributed by atoms with Crippen LogP contribution in [0.25, 0.3) is 0 Å². The monoisotopic (exact) mass is 215 g/mol. The Balaban J connectivity index is 4.76. The summed E-state index contributed by atoms with van der Waals surface area (Å²) in [5.41, 5.74) is -1.12. The van der Waals surface area contributed by atoms with Crippen molar-refractivity contribution in [2.24, 2.45) is 5.92 Å². The number of carbonyl (C=O) groups excluding carboxylic acids is 1. The Morgan fingerprint density at radius 2 is 1.80 bits per heavy atom. The molecule has 15 heavy (non-hydrogen) atoms. The summed E-state index contributed by atoms with van der Waals surface area (Å²) in [4.78, 5) is 24.2. The van der Waals surface area contributed by atoms with E-state index in [1.54, 1.807) is 20.8 Å². The molecule has 1 amide bonds. The van der Waals surface area contributed by atoms with Crippen LogP contribution in [0.2, 0.25) is 0 Å². The van der Waals surface area contributed by atoms with Crippen molar-refractivity contribution in [3.05, 3.63) is 0 Å². The summed E-state index contributed by atoms with van der Waals surface area (Å²) >= 11 is 0. The lowest BCUT2D eigenvalue weighted by Crippen LogP contribution is -2.53. The van der Waals surface area contributed by atoms with Crippen molar-refractivity contribution in [3.8, 4) is 0 Å². The Bertz CT molecular complexity index is 246. The number of hydrogen-bond donors (Lipinski definition) is 1. The lowest BCUT2D eigenvalue weighted by atomic mass is 10.0. The van der Waals surface area contributed by atoms with Gasteiger partial charge < -0.3 is 10.0 Å². The highest BCUT2D eigenvalue weighted by Gasteiger charge is 2.36. The van der Waals surface area contributed by atoms with Crippen molar-refractivity contribution < 1.29 is 14.7 Å². The minimum atomic E-state index is -1.12. The van der Waals surface area contributed by atoms with Crippen LogP contribution in [0.1, 0.15) is 41.0 Å². The summed E-state index contributed by atoms with van der Waals surface area (Å²) in [6.07, 6.45) is 0.393. The Morgan fingerprint density at radius 3 is 2.07 bits per heavy atom. The molecule has 0 unspecified atom stereocenters. The SMILES string of the molecule is CCN(C(=O)CC(C)C)C(C)(C)C(=O)O. The molecule has 0 bridgehead atoms. The number of carboxylic acid groups (broad SMARTS) is 1. The minimum Gasteiger partial charge on any atom is -0.480 e. The number of aliphatic carboxylic acids is 1. The molecule has 0 aromatic carbocycles. The van der Waals surface area contributed by atoms with E-state index in [4.69, 9.17) is 5.11 Å². The summed E-state index contributed by atoms with van der Waals surface area (Å²) in [5.74, 6) is -0.822. The highest BCUT2D eigenvalue weighted by molar-refractivity contribution is 5.86. The first-order valence-corrected chi connectivity index (χ1v) is 5.27. The molecule has 0 aliphatic carbocycles. The third-order valence-electron chi connectivity index (χ3n) is 2.40. The number of amides is 1. The highest BCUT2D eigenvalue weighted by atomic mass is 16.4. The van der Waals surface area contributed by atoms with Gasteiger partial charge in [-0.25, -0.2) is 4.79 Å². The zero-order valence-electron chi connectivity index (χ0n) is 10.2. The first-order chi connectivity index (χ1) is 6.73. The molecule has 0 saturated carbocycles. The molecule has 0 aromatic heterocycles. The van der Waals surface area contributed by atoms with E-state index >= 15 is 0 Å². The second-order valence-corrected chi connectivity index (χ2v) is 4.60. The molecule has 0 saturated heterocycles. The van der Waals surface area contributed by atoms with Gasteiger partial charge in [0.2, 0.25) is 5.91 Å². The van der Waals surface area contributed by atoms with E-state index in [1.165, 1.54) is 4.90 Å². The Hall–Kier alpha value is -1.06. The van der Waals surface area contributed by atoms with Crippen LogP contribution in [-0.4, -0.2) is 34.0 Å². The number of carboxylic acids is 1. The van der Waals surface area contributed by atoms with Gasteiger partial charge in [0.1, 0.15) is 5.54 Å². The zero-order chi connectivity index (χ0) is 12.2. The maximum absolute atomic E-state index is 11.8. The van der Waals surface area contributed by atoms with E-state index in [0.717, 1.165) is 0 Å². The lowest BCUT2D eigenvalue weighted by Gasteiger charge is -2.34. The molecule has 0 atom stereocenters. The first kappa shape index (κ1) is 13.9. The fraction of sp³-hybridized carbons (Fsp3) is 0.818. The maximum Gasteiger partial charge on any atom is 0.329 e. The number of carbonyl (C=O) groups is 2. The van der Waals surface area contributed by atoms with E-state index in [0.29, 0.717) is 13.0 Å². The van der Waals surface area contributed by atoms with Crippen LogP contribution in [0, 0.1) is 5.92 Å². The van der Waals surface area contributed by atoms with Gasteiger partial charge in [-0.1, -0.05) is 13.8 Å². The average Bonchev–Trinajstić information content (AvgIpc) is 2.02. The summed E-state index contributed by atoms with van der Waals surface area (Å²) in [6.45, 7) is 9.21. The van der Waals surface area contributed by atoms with Crippen LogP contribution in [-0.2, 0) is 9.59 Å². The number of rotatable bonds is 5. The molecule has 0 aromatic rings. The molecule has 0 heterocycles. The summed E-state index contributed by atoms with van der Waals surface area (Å²) in [5, 5.41) is 9.03. The first-order valence-electron chi connectivity index (χ1n) is 5.27. The van der Waals surface area contributed by atoms with Crippen molar-refractivity contribution in [2.75, 3.05) is 6.54 Å². The molecule has 88 valence electrons. The molecule has 0 rings (SSSR count).